The summed E-state index contributed by atoms with van der Waals surface area (Å²) < 4.78 is 0. The van der Waals surface area contributed by atoms with E-state index in [1.54, 1.807) is 30.3 Å². The van der Waals surface area contributed by atoms with Gasteiger partial charge in [-0.1, -0.05) is 54.1 Å². The molecule has 3 nitrogen and oxygen atoms in total. The lowest BCUT2D eigenvalue weighted by atomic mass is 9.98. The molecule has 0 spiro atoms. The van der Waals surface area contributed by atoms with Gasteiger partial charge in [0.25, 0.3) is 0 Å². The number of Topliss-reactive ketones (excluding diaryl/α,β-unsaturated/α-hetero) is 1. The largest absolute Gasteiger partial charge is 0.349 e. The zero-order valence-electron chi connectivity index (χ0n) is 11.7. The van der Waals surface area contributed by atoms with Gasteiger partial charge in [-0.25, -0.2) is 0 Å². The lowest BCUT2D eigenvalue weighted by Crippen LogP contribution is -2.28. The maximum absolute atomic E-state index is 12.3. The van der Waals surface area contributed by atoms with Crippen LogP contribution < -0.4 is 5.32 Å². The van der Waals surface area contributed by atoms with Gasteiger partial charge in [-0.05, 0) is 17.7 Å². The van der Waals surface area contributed by atoms with Crippen molar-refractivity contribution in [2.45, 2.75) is 19.4 Å². The first-order valence-electron chi connectivity index (χ1n) is 6.67. The molecule has 2 aromatic carbocycles. The van der Waals surface area contributed by atoms with Crippen LogP contribution in [0.1, 0.15) is 35.3 Å². The summed E-state index contributed by atoms with van der Waals surface area (Å²) >= 11 is 5.98. The Labute approximate surface area is 128 Å². The fourth-order valence-electron chi connectivity index (χ4n) is 2.15. The molecule has 0 saturated heterocycles. The van der Waals surface area contributed by atoms with E-state index < -0.39 is 0 Å². The summed E-state index contributed by atoms with van der Waals surface area (Å²) in [5.41, 5.74) is 1.46. The van der Waals surface area contributed by atoms with Gasteiger partial charge in [0, 0.05) is 23.9 Å². The molecule has 0 aromatic heterocycles. The van der Waals surface area contributed by atoms with Crippen molar-refractivity contribution >= 4 is 23.3 Å². The van der Waals surface area contributed by atoms with Gasteiger partial charge < -0.3 is 5.32 Å². The molecule has 0 heterocycles. The van der Waals surface area contributed by atoms with Crippen molar-refractivity contribution in [2.75, 3.05) is 0 Å². The quantitative estimate of drug-likeness (QED) is 0.854. The highest BCUT2D eigenvalue weighted by Gasteiger charge is 2.18. The molecule has 2 rings (SSSR count). The van der Waals surface area contributed by atoms with Crippen molar-refractivity contribution in [2.24, 2.45) is 0 Å². The molecule has 1 N–H and O–H groups in total. The third-order valence-electron chi connectivity index (χ3n) is 3.11. The number of nitrogens with one attached hydrogen (secondary N) is 1. The number of hydrogen-bond acceptors (Lipinski definition) is 2. The summed E-state index contributed by atoms with van der Waals surface area (Å²) in [4.78, 5) is 23.7. The number of benzene rings is 2. The molecular weight excluding hydrogens is 286 g/mol. The van der Waals surface area contributed by atoms with Gasteiger partial charge in [-0.2, -0.15) is 0 Å². The van der Waals surface area contributed by atoms with Crippen LogP contribution in [-0.2, 0) is 4.79 Å². The van der Waals surface area contributed by atoms with Crippen molar-refractivity contribution in [3.05, 3.63) is 70.7 Å². The van der Waals surface area contributed by atoms with Crippen LogP contribution in [0, 0.1) is 0 Å². The van der Waals surface area contributed by atoms with E-state index in [4.69, 9.17) is 11.6 Å². The molecule has 0 aliphatic heterocycles. The normalized spacial score (nSPS) is 11.7. The molecule has 4 heteroatoms. The molecule has 108 valence electrons. The summed E-state index contributed by atoms with van der Waals surface area (Å²) in [6.45, 7) is 1.44. The summed E-state index contributed by atoms with van der Waals surface area (Å²) in [7, 11) is 0. The van der Waals surface area contributed by atoms with Gasteiger partial charge in [0.15, 0.2) is 5.78 Å². The van der Waals surface area contributed by atoms with Crippen molar-refractivity contribution in [1.29, 1.82) is 0 Å². The first-order valence-corrected chi connectivity index (χ1v) is 7.05. The van der Waals surface area contributed by atoms with Gasteiger partial charge >= 0.3 is 0 Å². The Morgan fingerprint density at radius 1 is 1.10 bits per heavy atom. The number of carbonyl (C=O) groups excluding carboxylic acids is 2. The molecule has 21 heavy (non-hydrogen) atoms. The summed E-state index contributed by atoms with van der Waals surface area (Å²) in [6, 6.07) is 15.8. The highest BCUT2D eigenvalue weighted by Crippen LogP contribution is 2.22. The Kier molecular flexibility index (Phi) is 5.12. The van der Waals surface area contributed by atoms with Gasteiger partial charge in [0.05, 0.1) is 6.04 Å². The standard InChI is InChI=1S/C17H16ClNO2/c1-12(20)19-16(14-8-5-9-15(18)10-14)11-17(21)13-6-3-2-4-7-13/h2-10,16H,11H2,1H3,(H,19,20). The highest BCUT2D eigenvalue weighted by atomic mass is 35.5. The molecule has 0 aliphatic rings. The first kappa shape index (κ1) is 15.3. The molecule has 2 aromatic rings. The summed E-state index contributed by atoms with van der Waals surface area (Å²) in [5, 5.41) is 3.38. The van der Waals surface area contributed by atoms with E-state index in [0.717, 1.165) is 5.56 Å². The molecule has 1 atom stereocenters. The molecule has 0 radical (unpaired) electrons. The second-order valence-electron chi connectivity index (χ2n) is 4.80. The Morgan fingerprint density at radius 2 is 1.81 bits per heavy atom. The minimum Gasteiger partial charge on any atom is -0.349 e. The number of ketones is 1. The minimum atomic E-state index is -0.381. The van der Waals surface area contributed by atoms with Crippen molar-refractivity contribution in [1.82, 2.24) is 5.32 Å². The van der Waals surface area contributed by atoms with E-state index >= 15 is 0 Å². The van der Waals surface area contributed by atoms with Crippen LogP contribution in [0.2, 0.25) is 5.02 Å². The third kappa shape index (κ3) is 4.43. The van der Waals surface area contributed by atoms with E-state index in [2.05, 4.69) is 5.32 Å². The SMILES string of the molecule is CC(=O)NC(CC(=O)c1ccccc1)c1cccc(Cl)c1. The van der Waals surface area contributed by atoms with Crippen LogP contribution in [0.3, 0.4) is 0 Å². The van der Waals surface area contributed by atoms with E-state index in [9.17, 15) is 9.59 Å². The number of carbonyl (C=O) groups is 2. The fraction of sp³-hybridized carbons (Fsp3) is 0.176. The van der Waals surface area contributed by atoms with Crippen LogP contribution in [0.4, 0.5) is 0 Å². The number of hydrogen-bond donors (Lipinski definition) is 1. The van der Waals surface area contributed by atoms with Gasteiger partial charge in [0.1, 0.15) is 0 Å². The Balaban J connectivity index is 2.21. The Morgan fingerprint density at radius 3 is 2.43 bits per heavy atom. The molecular formula is C17H16ClNO2. The smallest absolute Gasteiger partial charge is 0.217 e. The predicted molar refractivity (Wildman–Crippen MR) is 83.4 cm³/mol. The van der Waals surface area contributed by atoms with Crippen LogP contribution in [0.15, 0.2) is 54.6 Å². The average molecular weight is 302 g/mol. The van der Waals surface area contributed by atoms with Crippen molar-refractivity contribution in [3.63, 3.8) is 0 Å². The monoisotopic (exact) mass is 301 g/mol. The Bertz CT molecular complexity index is 640. The maximum Gasteiger partial charge on any atom is 0.217 e. The van der Waals surface area contributed by atoms with Crippen molar-refractivity contribution < 1.29 is 9.59 Å². The van der Waals surface area contributed by atoms with Gasteiger partial charge in [-0.3, -0.25) is 9.59 Å². The van der Waals surface area contributed by atoms with E-state index in [1.165, 1.54) is 6.92 Å². The molecule has 0 fully saturated rings. The first-order chi connectivity index (χ1) is 10.1. The molecule has 0 aliphatic carbocycles. The lowest BCUT2D eigenvalue weighted by molar-refractivity contribution is -0.119. The number of rotatable bonds is 5. The van der Waals surface area contributed by atoms with E-state index in [1.807, 2.05) is 24.3 Å². The summed E-state index contributed by atoms with van der Waals surface area (Å²) in [6.07, 6.45) is 0.198. The van der Waals surface area contributed by atoms with E-state index in [0.29, 0.717) is 10.6 Å². The van der Waals surface area contributed by atoms with Crippen LogP contribution in [0.25, 0.3) is 0 Å². The zero-order chi connectivity index (χ0) is 15.2. The topological polar surface area (TPSA) is 46.2 Å². The second-order valence-corrected chi connectivity index (χ2v) is 5.24. The zero-order valence-corrected chi connectivity index (χ0v) is 12.4. The molecule has 0 bridgehead atoms. The van der Waals surface area contributed by atoms with Crippen molar-refractivity contribution in [3.8, 4) is 0 Å². The second kappa shape index (κ2) is 7.04. The maximum atomic E-state index is 12.3. The van der Waals surface area contributed by atoms with Crippen LogP contribution >= 0.6 is 11.6 Å². The summed E-state index contributed by atoms with van der Waals surface area (Å²) in [5.74, 6) is -0.199. The minimum absolute atomic E-state index is 0.0191. The number of amides is 1. The highest BCUT2D eigenvalue weighted by molar-refractivity contribution is 6.30. The van der Waals surface area contributed by atoms with Gasteiger partial charge in [0.2, 0.25) is 5.91 Å². The predicted octanol–water partition coefficient (Wildman–Crippen LogP) is 3.79. The molecule has 0 saturated carbocycles. The average Bonchev–Trinajstić information content (AvgIpc) is 2.47. The lowest BCUT2D eigenvalue weighted by Gasteiger charge is -2.18. The van der Waals surface area contributed by atoms with E-state index in [-0.39, 0.29) is 24.2 Å². The molecule has 1 unspecified atom stereocenters. The van der Waals surface area contributed by atoms with Gasteiger partial charge in [-0.15, -0.1) is 0 Å². The van der Waals surface area contributed by atoms with Crippen LogP contribution in [-0.4, -0.2) is 11.7 Å². The van der Waals surface area contributed by atoms with Crippen LogP contribution in [0.5, 0.6) is 0 Å². The fourth-order valence-corrected chi connectivity index (χ4v) is 2.35. The Hall–Kier alpha value is -2.13. The third-order valence-corrected chi connectivity index (χ3v) is 3.35. The number of halogens is 1. The molecule has 1 amide bonds.